The van der Waals surface area contributed by atoms with Gasteiger partial charge in [0.15, 0.2) is 0 Å². The summed E-state index contributed by atoms with van der Waals surface area (Å²) >= 11 is 0. The number of fused-ring (bicyclic) bond motifs is 2. The molecule has 4 nitrogen and oxygen atoms in total. The van der Waals surface area contributed by atoms with E-state index in [0.29, 0.717) is 5.54 Å². The predicted molar refractivity (Wildman–Crippen MR) is 81.8 cm³/mol. The van der Waals surface area contributed by atoms with E-state index in [1.807, 2.05) is 0 Å². The highest BCUT2D eigenvalue weighted by atomic mass is 15.3. The molecule has 2 atom stereocenters. The molecule has 0 radical (unpaired) electrons. The lowest BCUT2D eigenvalue weighted by Crippen LogP contribution is -2.65. The van der Waals surface area contributed by atoms with Crippen LogP contribution < -0.4 is 5.73 Å². The van der Waals surface area contributed by atoms with Crippen LogP contribution in [0.25, 0.3) is 0 Å². The zero-order valence-corrected chi connectivity index (χ0v) is 12.9. The fraction of sp³-hybridized carbons (Fsp3) is 1.00. The summed E-state index contributed by atoms with van der Waals surface area (Å²) in [5, 5.41) is 0. The van der Waals surface area contributed by atoms with Crippen molar-refractivity contribution in [1.82, 2.24) is 14.7 Å². The third-order valence-corrected chi connectivity index (χ3v) is 6.64. The van der Waals surface area contributed by atoms with Crippen molar-refractivity contribution in [1.29, 1.82) is 0 Å². The monoisotopic (exact) mass is 278 g/mol. The molecule has 1 saturated carbocycles. The van der Waals surface area contributed by atoms with E-state index in [1.165, 1.54) is 64.7 Å². The maximum atomic E-state index is 6.30. The first kappa shape index (κ1) is 13.5. The Morgan fingerprint density at radius 1 is 0.900 bits per heavy atom. The molecule has 1 aliphatic carbocycles. The summed E-state index contributed by atoms with van der Waals surface area (Å²) < 4.78 is 0. The number of hydrogen-bond acceptors (Lipinski definition) is 4. The van der Waals surface area contributed by atoms with Crippen molar-refractivity contribution in [3.05, 3.63) is 0 Å². The van der Waals surface area contributed by atoms with E-state index in [9.17, 15) is 0 Å². The van der Waals surface area contributed by atoms with Crippen LogP contribution in [0, 0.1) is 0 Å². The molecule has 4 heteroatoms. The quantitative estimate of drug-likeness (QED) is 0.825. The highest BCUT2D eigenvalue weighted by Gasteiger charge is 2.49. The molecule has 0 spiro atoms. The number of piperazine rings is 1. The topological polar surface area (TPSA) is 35.7 Å². The number of nitrogens with zero attached hydrogens (tertiary/aromatic N) is 3. The fourth-order valence-electron chi connectivity index (χ4n) is 5.10. The third-order valence-electron chi connectivity index (χ3n) is 6.64. The Kier molecular flexibility index (Phi) is 3.33. The summed E-state index contributed by atoms with van der Waals surface area (Å²) in [4.78, 5) is 8.11. The molecule has 2 unspecified atom stereocenters. The van der Waals surface area contributed by atoms with Gasteiger partial charge in [-0.1, -0.05) is 0 Å². The Morgan fingerprint density at radius 3 is 1.95 bits per heavy atom. The van der Waals surface area contributed by atoms with Crippen molar-refractivity contribution in [2.45, 2.75) is 62.2 Å². The molecule has 20 heavy (non-hydrogen) atoms. The molecule has 0 aromatic heterocycles. The first-order valence-corrected chi connectivity index (χ1v) is 8.63. The summed E-state index contributed by atoms with van der Waals surface area (Å²) in [6.07, 6.45) is 8.28. The molecular weight excluding hydrogens is 248 g/mol. The lowest BCUT2D eigenvalue weighted by Gasteiger charge is -2.53. The van der Waals surface area contributed by atoms with Crippen LogP contribution in [0.1, 0.15) is 38.5 Å². The van der Waals surface area contributed by atoms with Gasteiger partial charge in [0, 0.05) is 56.4 Å². The van der Waals surface area contributed by atoms with Gasteiger partial charge in [-0.05, 0) is 45.6 Å². The molecule has 3 heterocycles. The van der Waals surface area contributed by atoms with Crippen molar-refractivity contribution >= 4 is 0 Å². The van der Waals surface area contributed by atoms with Gasteiger partial charge >= 0.3 is 0 Å². The Bertz CT molecular complexity index is 345. The lowest BCUT2D eigenvalue weighted by molar-refractivity contribution is -0.0257. The Balaban J connectivity index is 1.45. The summed E-state index contributed by atoms with van der Waals surface area (Å²) in [5.74, 6) is 0. The molecule has 0 amide bonds. The summed E-state index contributed by atoms with van der Waals surface area (Å²) in [7, 11) is 2.33. The average molecular weight is 278 g/mol. The Hall–Kier alpha value is -0.160. The maximum absolute atomic E-state index is 6.30. The molecule has 0 aromatic rings. The van der Waals surface area contributed by atoms with E-state index in [0.717, 1.165) is 24.7 Å². The van der Waals surface area contributed by atoms with Crippen molar-refractivity contribution < 1.29 is 0 Å². The summed E-state index contributed by atoms with van der Waals surface area (Å²) in [6.45, 7) is 5.90. The first-order valence-electron chi connectivity index (χ1n) is 8.63. The highest BCUT2D eigenvalue weighted by molar-refractivity contribution is 5.07. The minimum absolute atomic E-state index is 0.313. The number of nitrogens with two attached hydrogens (primary N) is 1. The van der Waals surface area contributed by atoms with Crippen LogP contribution >= 0.6 is 0 Å². The second-order valence-corrected chi connectivity index (χ2v) is 7.64. The van der Waals surface area contributed by atoms with E-state index in [-0.39, 0.29) is 0 Å². The minimum Gasteiger partial charge on any atom is -0.329 e. The van der Waals surface area contributed by atoms with Crippen molar-refractivity contribution in [2.24, 2.45) is 5.73 Å². The van der Waals surface area contributed by atoms with Crippen LogP contribution in [0.2, 0.25) is 0 Å². The summed E-state index contributed by atoms with van der Waals surface area (Å²) in [6, 6.07) is 2.51. The molecule has 0 aromatic carbocycles. The standard InChI is InChI=1S/C16H30N4/c1-18-14-4-5-15(18)11-16(10-14,12-17)20-8-6-19(7-9-20)13-2-3-13/h13-15H,2-12,17H2,1H3. The van der Waals surface area contributed by atoms with Gasteiger partial charge < -0.3 is 10.6 Å². The average Bonchev–Trinajstić information content (AvgIpc) is 3.30. The van der Waals surface area contributed by atoms with Crippen LogP contribution in [0.5, 0.6) is 0 Å². The van der Waals surface area contributed by atoms with Crippen molar-refractivity contribution in [2.75, 3.05) is 39.8 Å². The smallest absolute Gasteiger partial charge is 0.0362 e. The van der Waals surface area contributed by atoms with Gasteiger partial charge in [-0.15, -0.1) is 0 Å². The Labute approximate surface area is 123 Å². The van der Waals surface area contributed by atoms with Gasteiger partial charge in [0.2, 0.25) is 0 Å². The molecule has 4 rings (SSSR count). The molecule has 114 valence electrons. The molecule has 4 fully saturated rings. The molecule has 3 aliphatic heterocycles. The minimum atomic E-state index is 0.313. The number of hydrogen-bond donors (Lipinski definition) is 1. The fourth-order valence-corrected chi connectivity index (χ4v) is 5.10. The van der Waals surface area contributed by atoms with Crippen LogP contribution in [0.3, 0.4) is 0 Å². The van der Waals surface area contributed by atoms with Crippen LogP contribution in [0.4, 0.5) is 0 Å². The normalized spacial score (nSPS) is 44.1. The Morgan fingerprint density at radius 2 is 1.45 bits per heavy atom. The molecular formula is C16H30N4. The SMILES string of the molecule is CN1C2CCC1CC(CN)(N1CCN(C3CC3)CC1)C2. The zero-order chi connectivity index (χ0) is 13.7. The van der Waals surface area contributed by atoms with E-state index >= 15 is 0 Å². The van der Waals surface area contributed by atoms with E-state index in [4.69, 9.17) is 5.73 Å². The zero-order valence-electron chi connectivity index (χ0n) is 12.9. The van der Waals surface area contributed by atoms with Crippen LogP contribution in [0.15, 0.2) is 0 Å². The van der Waals surface area contributed by atoms with Gasteiger partial charge in [0.25, 0.3) is 0 Å². The van der Waals surface area contributed by atoms with Crippen LogP contribution in [-0.2, 0) is 0 Å². The van der Waals surface area contributed by atoms with Crippen molar-refractivity contribution in [3.8, 4) is 0 Å². The van der Waals surface area contributed by atoms with E-state index < -0.39 is 0 Å². The van der Waals surface area contributed by atoms with Gasteiger partial charge in [-0.2, -0.15) is 0 Å². The van der Waals surface area contributed by atoms with Gasteiger partial charge in [0.05, 0.1) is 0 Å². The molecule has 2 bridgehead atoms. The van der Waals surface area contributed by atoms with E-state index in [1.54, 1.807) is 0 Å². The maximum Gasteiger partial charge on any atom is 0.0362 e. The van der Waals surface area contributed by atoms with Gasteiger partial charge in [-0.25, -0.2) is 0 Å². The second-order valence-electron chi connectivity index (χ2n) is 7.64. The number of rotatable bonds is 3. The molecule has 4 aliphatic rings. The third kappa shape index (κ3) is 2.12. The highest BCUT2D eigenvalue weighted by Crippen LogP contribution is 2.43. The first-order chi connectivity index (χ1) is 9.72. The second kappa shape index (κ2) is 4.94. The van der Waals surface area contributed by atoms with E-state index in [2.05, 4.69) is 21.7 Å². The predicted octanol–water partition coefficient (Wildman–Crippen LogP) is 0.721. The number of piperidine rings is 1. The van der Waals surface area contributed by atoms with Gasteiger partial charge in [-0.3, -0.25) is 9.80 Å². The lowest BCUT2D eigenvalue weighted by atomic mass is 9.81. The summed E-state index contributed by atoms with van der Waals surface area (Å²) in [5.41, 5.74) is 6.61. The van der Waals surface area contributed by atoms with Crippen LogP contribution in [-0.4, -0.2) is 78.1 Å². The largest absolute Gasteiger partial charge is 0.329 e. The van der Waals surface area contributed by atoms with Crippen molar-refractivity contribution in [3.63, 3.8) is 0 Å². The van der Waals surface area contributed by atoms with Gasteiger partial charge in [0.1, 0.15) is 0 Å². The molecule has 2 N–H and O–H groups in total. The molecule has 3 saturated heterocycles.